The normalized spacial score (nSPS) is 16.8. The topological polar surface area (TPSA) is 92.0 Å². The van der Waals surface area contributed by atoms with Gasteiger partial charge in [0.25, 0.3) is 0 Å². The highest BCUT2D eigenvalue weighted by molar-refractivity contribution is 6.35. The second kappa shape index (κ2) is 7.07. The molecular weight excluding hydrogens is 402 g/mol. The molecule has 1 fully saturated rings. The predicted octanol–water partition coefficient (Wildman–Crippen LogP) is 3.04. The first-order valence-corrected chi connectivity index (χ1v) is 10.2. The summed E-state index contributed by atoms with van der Waals surface area (Å²) in [7, 11) is 3.83. The SMILES string of the molecule is CNC1CCN(c2cnc3nc(-c4cc5cn(C)nc5c(C)c4O)cc(Cl)c3n2)C1. The van der Waals surface area contributed by atoms with E-state index < -0.39 is 0 Å². The summed E-state index contributed by atoms with van der Waals surface area (Å²) in [6, 6.07) is 4.06. The van der Waals surface area contributed by atoms with E-state index in [0.717, 1.165) is 36.2 Å². The molecule has 0 aliphatic carbocycles. The Labute approximate surface area is 178 Å². The molecule has 30 heavy (non-hydrogen) atoms. The van der Waals surface area contributed by atoms with Crippen molar-refractivity contribution in [2.75, 3.05) is 25.0 Å². The first-order chi connectivity index (χ1) is 14.4. The molecule has 0 spiro atoms. The number of likely N-dealkylation sites (N-methyl/N-ethyl adjacent to an activating group) is 1. The van der Waals surface area contributed by atoms with Gasteiger partial charge in [-0.25, -0.2) is 15.0 Å². The average molecular weight is 424 g/mol. The number of rotatable bonds is 3. The first kappa shape index (κ1) is 19.0. The van der Waals surface area contributed by atoms with Crippen LogP contribution in [0.25, 0.3) is 33.3 Å². The summed E-state index contributed by atoms with van der Waals surface area (Å²) < 4.78 is 1.73. The van der Waals surface area contributed by atoms with Gasteiger partial charge in [-0.3, -0.25) is 4.68 Å². The fourth-order valence-corrected chi connectivity index (χ4v) is 4.31. The second-order valence-corrected chi connectivity index (χ2v) is 8.16. The second-order valence-electron chi connectivity index (χ2n) is 7.75. The summed E-state index contributed by atoms with van der Waals surface area (Å²) in [5.41, 5.74) is 3.63. The number of phenols is 1. The molecule has 2 N–H and O–H groups in total. The van der Waals surface area contributed by atoms with Crippen molar-refractivity contribution < 1.29 is 5.11 Å². The Morgan fingerprint density at radius 2 is 2.07 bits per heavy atom. The van der Waals surface area contributed by atoms with E-state index in [0.29, 0.717) is 39.0 Å². The van der Waals surface area contributed by atoms with E-state index in [9.17, 15) is 5.11 Å². The smallest absolute Gasteiger partial charge is 0.180 e. The molecule has 9 heteroatoms. The summed E-state index contributed by atoms with van der Waals surface area (Å²) in [5, 5.41) is 19.9. The highest BCUT2D eigenvalue weighted by Crippen LogP contribution is 2.38. The number of fused-ring (bicyclic) bond motifs is 2. The fourth-order valence-electron chi connectivity index (χ4n) is 4.08. The number of hydrogen-bond acceptors (Lipinski definition) is 7. The number of hydrogen-bond donors (Lipinski definition) is 2. The van der Waals surface area contributed by atoms with Crippen molar-refractivity contribution >= 4 is 39.5 Å². The van der Waals surface area contributed by atoms with E-state index in [1.54, 1.807) is 16.9 Å². The zero-order valence-corrected chi connectivity index (χ0v) is 17.8. The number of nitrogens with zero attached hydrogens (tertiary/aromatic N) is 6. The Morgan fingerprint density at radius 3 is 2.83 bits per heavy atom. The van der Waals surface area contributed by atoms with Gasteiger partial charge in [-0.1, -0.05) is 11.6 Å². The lowest BCUT2D eigenvalue weighted by Gasteiger charge is -2.17. The van der Waals surface area contributed by atoms with Crippen molar-refractivity contribution in [3.8, 4) is 17.0 Å². The standard InChI is InChI=1S/C21H22ClN7O/c1-11-18-12(9-28(3)27-18)6-14(20(11)30)16-7-15(22)19-21(25-16)24-8-17(26-19)29-5-4-13(10-29)23-2/h6-9,13,23,30H,4-5,10H2,1-3H3. The van der Waals surface area contributed by atoms with Gasteiger partial charge in [0.15, 0.2) is 5.65 Å². The third-order valence-corrected chi connectivity index (χ3v) is 6.06. The van der Waals surface area contributed by atoms with Crippen LogP contribution < -0.4 is 10.2 Å². The Hall–Kier alpha value is -2.97. The summed E-state index contributed by atoms with van der Waals surface area (Å²) in [6.45, 7) is 3.66. The van der Waals surface area contributed by atoms with Crippen LogP contribution in [0.4, 0.5) is 5.82 Å². The number of nitrogens with one attached hydrogen (secondary N) is 1. The molecule has 4 aromatic rings. The molecule has 1 aliphatic rings. The minimum Gasteiger partial charge on any atom is -0.507 e. The van der Waals surface area contributed by atoms with Gasteiger partial charge in [-0.05, 0) is 32.5 Å². The van der Waals surface area contributed by atoms with Crippen LogP contribution in [0.2, 0.25) is 5.02 Å². The summed E-state index contributed by atoms with van der Waals surface area (Å²) in [4.78, 5) is 16.1. The Kier molecular flexibility index (Phi) is 4.48. The van der Waals surface area contributed by atoms with Crippen molar-refractivity contribution in [1.29, 1.82) is 0 Å². The maximum absolute atomic E-state index is 10.8. The molecule has 1 unspecified atom stereocenters. The Morgan fingerprint density at radius 1 is 1.23 bits per heavy atom. The van der Waals surface area contributed by atoms with Crippen LogP contribution in [-0.4, -0.2) is 56.0 Å². The van der Waals surface area contributed by atoms with E-state index in [1.807, 2.05) is 33.3 Å². The van der Waals surface area contributed by atoms with Crippen molar-refractivity contribution in [3.63, 3.8) is 0 Å². The van der Waals surface area contributed by atoms with Crippen molar-refractivity contribution in [3.05, 3.63) is 35.1 Å². The third-order valence-electron chi connectivity index (χ3n) is 5.78. The maximum atomic E-state index is 10.8. The van der Waals surface area contributed by atoms with Gasteiger partial charge >= 0.3 is 0 Å². The highest BCUT2D eigenvalue weighted by Gasteiger charge is 2.23. The number of aromatic hydroxyl groups is 1. The third kappa shape index (κ3) is 3.03. The molecule has 4 heterocycles. The molecule has 1 aromatic carbocycles. The van der Waals surface area contributed by atoms with Crippen LogP contribution in [0, 0.1) is 6.92 Å². The summed E-state index contributed by atoms with van der Waals surface area (Å²) in [5.74, 6) is 0.941. The van der Waals surface area contributed by atoms with Crippen LogP contribution >= 0.6 is 11.6 Å². The number of phenolic OH excluding ortho intramolecular Hbond substituents is 1. The van der Waals surface area contributed by atoms with E-state index in [2.05, 4.69) is 25.3 Å². The van der Waals surface area contributed by atoms with Gasteiger partial charge < -0.3 is 15.3 Å². The van der Waals surface area contributed by atoms with Crippen LogP contribution in [-0.2, 0) is 7.05 Å². The first-order valence-electron chi connectivity index (χ1n) is 9.86. The van der Waals surface area contributed by atoms with Gasteiger partial charge in [0, 0.05) is 48.9 Å². The molecule has 8 nitrogen and oxygen atoms in total. The molecule has 0 radical (unpaired) electrons. The van der Waals surface area contributed by atoms with Gasteiger partial charge in [0.05, 0.1) is 22.4 Å². The van der Waals surface area contributed by atoms with Crippen LogP contribution in [0.5, 0.6) is 5.75 Å². The molecule has 1 saturated heterocycles. The zero-order chi connectivity index (χ0) is 21.0. The number of aryl methyl sites for hydroxylation is 2. The number of anilines is 1. The molecule has 5 rings (SSSR count). The van der Waals surface area contributed by atoms with E-state index in [4.69, 9.17) is 16.6 Å². The van der Waals surface area contributed by atoms with Crippen molar-refractivity contribution in [1.82, 2.24) is 30.0 Å². The molecule has 0 bridgehead atoms. The van der Waals surface area contributed by atoms with E-state index in [1.165, 1.54) is 0 Å². The average Bonchev–Trinajstić information content (AvgIpc) is 3.36. The zero-order valence-electron chi connectivity index (χ0n) is 17.0. The molecule has 0 saturated carbocycles. The molecule has 1 atom stereocenters. The summed E-state index contributed by atoms with van der Waals surface area (Å²) in [6.07, 6.45) is 4.72. The predicted molar refractivity (Wildman–Crippen MR) is 118 cm³/mol. The minimum atomic E-state index is 0.142. The monoisotopic (exact) mass is 423 g/mol. The lowest BCUT2D eigenvalue weighted by Crippen LogP contribution is -2.29. The lowest BCUT2D eigenvalue weighted by molar-refractivity contribution is 0.474. The lowest BCUT2D eigenvalue weighted by atomic mass is 10.0. The summed E-state index contributed by atoms with van der Waals surface area (Å²) >= 11 is 6.59. The van der Waals surface area contributed by atoms with Gasteiger partial charge in [-0.15, -0.1) is 0 Å². The molecule has 1 aliphatic heterocycles. The number of aromatic nitrogens is 5. The minimum absolute atomic E-state index is 0.142. The quantitative estimate of drug-likeness (QED) is 0.523. The molecular formula is C21H22ClN7O. The number of benzene rings is 1. The maximum Gasteiger partial charge on any atom is 0.180 e. The Bertz CT molecular complexity index is 1290. The van der Waals surface area contributed by atoms with Crippen LogP contribution in [0.15, 0.2) is 24.5 Å². The number of halogens is 1. The van der Waals surface area contributed by atoms with E-state index in [-0.39, 0.29) is 5.75 Å². The molecule has 154 valence electrons. The molecule has 0 amide bonds. The van der Waals surface area contributed by atoms with Crippen molar-refractivity contribution in [2.24, 2.45) is 7.05 Å². The largest absolute Gasteiger partial charge is 0.507 e. The Balaban J connectivity index is 1.59. The van der Waals surface area contributed by atoms with Crippen molar-refractivity contribution in [2.45, 2.75) is 19.4 Å². The van der Waals surface area contributed by atoms with Gasteiger partial charge in [-0.2, -0.15) is 5.10 Å². The highest BCUT2D eigenvalue weighted by atomic mass is 35.5. The van der Waals surface area contributed by atoms with Gasteiger partial charge in [0.1, 0.15) is 17.1 Å². The van der Waals surface area contributed by atoms with Crippen LogP contribution in [0.3, 0.4) is 0 Å². The molecule has 3 aromatic heterocycles. The van der Waals surface area contributed by atoms with Gasteiger partial charge in [0.2, 0.25) is 0 Å². The fraction of sp³-hybridized carbons (Fsp3) is 0.333. The number of pyridine rings is 1. The van der Waals surface area contributed by atoms with Crippen LogP contribution in [0.1, 0.15) is 12.0 Å². The van der Waals surface area contributed by atoms with E-state index >= 15 is 0 Å².